The first-order chi connectivity index (χ1) is 11.4. The molecule has 0 bridgehead atoms. The Labute approximate surface area is 140 Å². The van der Waals surface area contributed by atoms with Crippen LogP contribution < -0.4 is 10.1 Å². The van der Waals surface area contributed by atoms with Gasteiger partial charge in [0.1, 0.15) is 11.5 Å². The minimum Gasteiger partial charge on any atom is -0.507 e. The van der Waals surface area contributed by atoms with Gasteiger partial charge in [-0.05, 0) is 31.5 Å². The summed E-state index contributed by atoms with van der Waals surface area (Å²) in [6, 6.07) is 12.2. The molecule has 0 heterocycles. The fraction of sp³-hybridized carbons (Fsp3) is 0.158. The maximum Gasteiger partial charge on any atom is 0.296 e. The average Bonchev–Trinajstić information content (AvgIpc) is 2.55. The first-order valence-corrected chi connectivity index (χ1v) is 7.38. The van der Waals surface area contributed by atoms with Crippen LogP contribution in [-0.4, -0.2) is 23.9 Å². The van der Waals surface area contributed by atoms with Crippen molar-refractivity contribution in [3.63, 3.8) is 0 Å². The Morgan fingerprint density at radius 2 is 1.67 bits per heavy atom. The van der Waals surface area contributed by atoms with Crippen molar-refractivity contribution in [2.24, 2.45) is 0 Å². The van der Waals surface area contributed by atoms with Gasteiger partial charge in [-0.15, -0.1) is 0 Å². The topological polar surface area (TPSA) is 75.6 Å². The molecule has 0 radical (unpaired) electrons. The van der Waals surface area contributed by atoms with E-state index in [1.807, 2.05) is 32.0 Å². The second kappa shape index (κ2) is 7.46. The molecule has 5 heteroatoms. The maximum atomic E-state index is 12.0. The van der Waals surface area contributed by atoms with Gasteiger partial charge in [0.25, 0.3) is 5.91 Å². The van der Waals surface area contributed by atoms with Crippen molar-refractivity contribution in [1.82, 2.24) is 0 Å². The van der Waals surface area contributed by atoms with Crippen LogP contribution in [0, 0.1) is 13.8 Å². The zero-order valence-electron chi connectivity index (χ0n) is 13.8. The number of benzene rings is 2. The van der Waals surface area contributed by atoms with E-state index in [1.54, 1.807) is 24.3 Å². The number of nitrogens with one attached hydrogen (secondary N) is 1. The molecule has 0 fully saturated rings. The molecule has 0 unspecified atom stereocenters. The van der Waals surface area contributed by atoms with Crippen molar-refractivity contribution in [3.05, 3.63) is 65.2 Å². The molecule has 0 aromatic heterocycles. The van der Waals surface area contributed by atoms with Crippen LogP contribution in [0.4, 0.5) is 5.69 Å². The van der Waals surface area contributed by atoms with E-state index in [2.05, 4.69) is 5.32 Å². The van der Waals surface area contributed by atoms with Crippen LogP contribution in [0.5, 0.6) is 5.75 Å². The van der Waals surface area contributed by atoms with E-state index in [-0.39, 0.29) is 5.76 Å². The van der Waals surface area contributed by atoms with Crippen LogP contribution in [-0.2, 0) is 9.59 Å². The molecule has 2 N–H and O–H groups in total. The smallest absolute Gasteiger partial charge is 0.296 e. The molecule has 0 saturated carbocycles. The van der Waals surface area contributed by atoms with Crippen molar-refractivity contribution in [1.29, 1.82) is 0 Å². The second-order valence-corrected chi connectivity index (χ2v) is 5.42. The van der Waals surface area contributed by atoms with Crippen LogP contribution in [0.15, 0.2) is 48.5 Å². The lowest BCUT2D eigenvalue weighted by Crippen LogP contribution is -2.21. The molecule has 24 heavy (non-hydrogen) atoms. The molecule has 0 aliphatic heterocycles. The quantitative estimate of drug-likeness (QED) is 0.502. The van der Waals surface area contributed by atoms with E-state index in [1.165, 1.54) is 7.11 Å². The summed E-state index contributed by atoms with van der Waals surface area (Å²) in [6.45, 7) is 3.78. The van der Waals surface area contributed by atoms with E-state index in [0.717, 1.165) is 17.2 Å². The summed E-state index contributed by atoms with van der Waals surface area (Å²) in [4.78, 5) is 24.0. The van der Waals surface area contributed by atoms with Gasteiger partial charge in [-0.1, -0.05) is 35.9 Å². The molecule has 0 atom stereocenters. The summed E-state index contributed by atoms with van der Waals surface area (Å²) in [5.41, 5.74) is 2.81. The van der Waals surface area contributed by atoms with Crippen molar-refractivity contribution in [2.45, 2.75) is 13.8 Å². The normalized spacial score (nSPS) is 11.0. The molecule has 1 amide bonds. The Morgan fingerprint density at radius 1 is 1.04 bits per heavy atom. The number of hydrogen-bond acceptors (Lipinski definition) is 4. The molecule has 2 aromatic rings. The van der Waals surface area contributed by atoms with Crippen LogP contribution >= 0.6 is 0 Å². The number of methoxy groups -OCH3 is 1. The highest BCUT2D eigenvalue weighted by atomic mass is 16.5. The SMILES string of the molecule is COc1ccc(C)cc1NC(=O)C(=O)/C=C(\O)c1ccc(C)cc1. The fourth-order valence-electron chi connectivity index (χ4n) is 2.10. The van der Waals surface area contributed by atoms with Crippen LogP contribution in [0.1, 0.15) is 16.7 Å². The number of aliphatic hydroxyl groups is 1. The summed E-state index contributed by atoms with van der Waals surface area (Å²) in [5.74, 6) is -1.51. The summed E-state index contributed by atoms with van der Waals surface area (Å²) < 4.78 is 5.15. The van der Waals surface area contributed by atoms with Gasteiger partial charge in [0.05, 0.1) is 12.8 Å². The monoisotopic (exact) mass is 325 g/mol. The molecule has 5 nitrogen and oxygen atoms in total. The fourth-order valence-corrected chi connectivity index (χ4v) is 2.10. The largest absolute Gasteiger partial charge is 0.507 e. The predicted molar refractivity (Wildman–Crippen MR) is 93.2 cm³/mol. The highest BCUT2D eigenvalue weighted by molar-refractivity contribution is 6.45. The minimum absolute atomic E-state index is 0.258. The van der Waals surface area contributed by atoms with Crippen molar-refractivity contribution in [2.75, 3.05) is 12.4 Å². The average molecular weight is 325 g/mol. The van der Waals surface area contributed by atoms with Crippen molar-refractivity contribution in [3.8, 4) is 5.75 Å². The Balaban J connectivity index is 2.15. The van der Waals surface area contributed by atoms with Gasteiger partial charge in [0, 0.05) is 11.6 Å². The molecule has 2 rings (SSSR count). The number of rotatable bonds is 5. The van der Waals surface area contributed by atoms with Crippen LogP contribution in [0.3, 0.4) is 0 Å². The predicted octanol–water partition coefficient (Wildman–Crippen LogP) is 3.42. The lowest BCUT2D eigenvalue weighted by atomic mass is 10.1. The van der Waals surface area contributed by atoms with Crippen LogP contribution in [0.25, 0.3) is 5.76 Å². The first-order valence-electron chi connectivity index (χ1n) is 7.38. The molecule has 124 valence electrons. The Hall–Kier alpha value is -3.08. The number of aryl methyl sites for hydroxylation is 2. The van der Waals surface area contributed by atoms with E-state index >= 15 is 0 Å². The number of ketones is 1. The van der Waals surface area contributed by atoms with E-state index < -0.39 is 11.7 Å². The molecule has 2 aromatic carbocycles. The van der Waals surface area contributed by atoms with Gasteiger partial charge >= 0.3 is 0 Å². The van der Waals surface area contributed by atoms with Gasteiger partial charge in [0.15, 0.2) is 0 Å². The summed E-state index contributed by atoms with van der Waals surface area (Å²) >= 11 is 0. The standard InChI is InChI=1S/C19H19NO4/c1-12-4-7-14(8-5-12)16(21)11-17(22)19(23)20-15-10-13(2)6-9-18(15)24-3/h4-11,21H,1-3H3,(H,20,23)/b16-11-. The number of ether oxygens (including phenoxy) is 1. The summed E-state index contributed by atoms with van der Waals surface area (Å²) in [6.07, 6.45) is 0.905. The number of anilines is 1. The number of aliphatic hydroxyl groups excluding tert-OH is 1. The molecule has 0 spiro atoms. The molecular weight excluding hydrogens is 306 g/mol. The van der Waals surface area contributed by atoms with Gasteiger partial charge in [-0.3, -0.25) is 9.59 Å². The third-order valence-electron chi connectivity index (χ3n) is 3.44. The third kappa shape index (κ3) is 4.23. The number of carbonyl (C=O) groups excluding carboxylic acids is 2. The van der Waals surface area contributed by atoms with Crippen molar-refractivity contribution < 1.29 is 19.4 Å². The molecule has 0 aliphatic rings. The Bertz CT molecular complexity index is 792. The van der Waals surface area contributed by atoms with E-state index in [0.29, 0.717) is 17.0 Å². The minimum atomic E-state index is -0.850. The lowest BCUT2D eigenvalue weighted by molar-refractivity contribution is -0.132. The summed E-state index contributed by atoms with van der Waals surface area (Å²) in [7, 11) is 1.48. The molecule has 0 saturated heterocycles. The zero-order chi connectivity index (χ0) is 17.7. The van der Waals surface area contributed by atoms with Gasteiger partial charge in [-0.25, -0.2) is 0 Å². The Kier molecular flexibility index (Phi) is 5.37. The highest BCUT2D eigenvalue weighted by Gasteiger charge is 2.15. The number of amides is 1. The van der Waals surface area contributed by atoms with Gasteiger partial charge < -0.3 is 15.2 Å². The maximum absolute atomic E-state index is 12.0. The lowest BCUT2D eigenvalue weighted by Gasteiger charge is -2.10. The summed E-state index contributed by atoms with van der Waals surface area (Å²) in [5, 5.41) is 12.5. The Morgan fingerprint density at radius 3 is 2.29 bits per heavy atom. The van der Waals surface area contributed by atoms with E-state index in [9.17, 15) is 14.7 Å². The van der Waals surface area contributed by atoms with Gasteiger partial charge in [-0.2, -0.15) is 0 Å². The molecule has 0 aliphatic carbocycles. The van der Waals surface area contributed by atoms with Crippen molar-refractivity contribution >= 4 is 23.1 Å². The van der Waals surface area contributed by atoms with Crippen LogP contribution in [0.2, 0.25) is 0 Å². The first kappa shape index (κ1) is 17.3. The second-order valence-electron chi connectivity index (χ2n) is 5.42. The number of hydrogen-bond donors (Lipinski definition) is 2. The molecular formula is C19H19NO4. The zero-order valence-corrected chi connectivity index (χ0v) is 13.8. The number of carbonyl (C=O) groups is 2. The van der Waals surface area contributed by atoms with E-state index in [4.69, 9.17) is 4.74 Å². The third-order valence-corrected chi connectivity index (χ3v) is 3.44. The van der Waals surface area contributed by atoms with Gasteiger partial charge in [0.2, 0.25) is 5.78 Å². The highest BCUT2D eigenvalue weighted by Crippen LogP contribution is 2.25.